The Morgan fingerprint density at radius 2 is 2.11 bits per heavy atom. The van der Waals surface area contributed by atoms with E-state index in [0.717, 1.165) is 56.3 Å². The van der Waals surface area contributed by atoms with Gasteiger partial charge in [0.15, 0.2) is 0 Å². The molecular formula is C21H30N4OS. The predicted molar refractivity (Wildman–Crippen MR) is 111 cm³/mol. The fraction of sp³-hybridized carbons (Fsp3) is 0.571. The second kappa shape index (κ2) is 10.4. The van der Waals surface area contributed by atoms with Crippen LogP contribution in [0.2, 0.25) is 0 Å². The highest BCUT2D eigenvalue weighted by molar-refractivity contribution is 7.09. The van der Waals surface area contributed by atoms with Gasteiger partial charge >= 0.3 is 0 Å². The number of aromatic nitrogens is 2. The van der Waals surface area contributed by atoms with Crippen LogP contribution in [0.5, 0.6) is 0 Å². The van der Waals surface area contributed by atoms with Gasteiger partial charge in [-0.05, 0) is 24.8 Å². The number of carbonyl (C=O) groups is 1. The second-order valence-corrected chi connectivity index (χ2v) is 8.02. The van der Waals surface area contributed by atoms with Gasteiger partial charge in [0.1, 0.15) is 5.82 Å². The lowest BCUT2D eigenvalue weighted by Crippen LogP contribution is -2.43. The summed E-state index contributed by atoms with van der Waals surface area (Å²) in [5, 5.41) is 4.07. The quantitative estimate of drug-likeness (QED) is 0.661. The van der Waals surface area contributed by atoms with Crippen molar-refractivity contribution in [3.05, 3.63) is 41.7 Å². The highest BCUT2D eigenvalue weighted by Crippen LogP contribution is 2.25. The summed E-state index contributed by atoms with van der Waals surface area (Å²) in [7, 11) is 0. The van der Waals surface area contributed by atoms with Crippen LogP contribution in [-0.4, -0.2) is 34.9 Å². The first-order valence-electron chi connectivity index (χ1n) is 10.2. The molecule has 1 fully saturated rings. The van der Waals surface area contributed by atoms with Gasteiger partial charge in [-0.2, -0.15) is 4.37 Å². The van der Waals surface area contributed by atoms with Crippen molar-refractivity contribution >= 4 is 22.6 Å². The molecule has 2 aromatic rings. The summed E-state index contributed by atoms with van der Waals surface area (Å²) in [4.78, 5) is 19.4. The SMILES string of the molecule is CCCCCCNC(=O)[C@H]1CCCN(c2nc(Cc3ccccc3)ns2)C1. The Bertz CT molecular complexity index is 703. The van der Waals surface area contributed by atoms with E-state index in [1.807, 2.05) is 18.2 Å². The third kappa shape index (κ3) is 6.03. The van der Waals surface area contributed by atoms with E-state index < -0.39 is 0 Å². The van der Waals surface area contributed by atoms with Crippen LogP contribution in [0, 0.1) is 5.92 Å². The average molecular weight is 387 g/mol. The zero-order chi connectivity index (χ0) is 18.9. The molecule has 0 spiro atoms. The van der Waals surface area contributed by atoms with E-state index in [1.165, 1.54) is 36.4 Å². The Morgan fingerprint density at radius 3 is 2.93 bits per heavy atom. The molecule has 1 N–H and O–H groups in total. The van der Waals surface area contributed by atoms with Crippen molar-refractivity contribution in [2.24, 2.45) is 5.92 Å². The number of piperidine rings is 1. The summed E-state index contributed by atoms with van der Waals surface area (Å²) in [5.74, 6) is 1.13. The third-order valence-electron chi connectivity index (χ3n) is 5.05. The molecule has 6 heteroatoms. The molecule has 0 radical (unpaired) electrons. The molecule has 5 nitrogen and oxygen atoms in total. The van der Waals surface area contributed by atoms with E-state index in [2.05, 4.69) is 33.6 Å². The van der Waals surface area contributed by atoms with Gasteiger partial charge in [-0.3, -0.25) is 4.79 Å². The van der Waals surface area contributed by atoms with Gasteiger partial charge in [0.25, 0.3) is 0 Å². The minimum Gasteiger partial charge on any atom is -0.356 e. The molecule has 0 aliphatic carbocycles. The number of benzene rings is 1. The second-order valence-electron chi connectivity index (χ2n) is 7.29. The first kappa shape index (κ1) is 19.8. The molecule has 1 saturated heterocycles. The largest absolute Gasteiger partial charge is 0.356 e. The Labute approximate surface area is 166 Å². The maximum Gasteiger partial charge on any atom is 0.224 e. The van der Waals surface area contributed by atoms with Gasteiger partial charge < -0.3 is 10.2 Å². The van der Waals surface area contributed by atoms with E-state index in [4.69, 9.17) is 4.98 Å². The van der Waals surface area contributed by atoms with Gasteiger partial charge in [-0.25, -0.2) is 4.98 Å². The highest BCUT2D eigenvalue weighted by atomic mass is 32.1. The topological polar surface area (TPSA) is 58.1 Å². The fourth-order valence-electron chi connectivity index (χ4n) is 3.50. The van der Waals surface area contributed by atoms with Crippen LogP contribution in [0.25, 0.3) is 0 Å². The molecule has 1 aromatic heterocycles. The minimum absolute atomic E-state index is 0.0615. The van der Waals surface area contributed by atoms with Crippen LogP contribution < -0.4 is 10.2 Å². The Balaban J connectivity index is 1.50. The van der Waals surface area contributed by atoms with Crippen molar-refractivity contribution < 1.29 is 4.79 Å². The van der Waals surface area contributed by atoms with Crippen LogP contribution in [0.1, 0.15) is 56.8 Å². The molecule has 146 valence electrons. The zero-order valence-corrected chi connectivity index (χ0v) is 17.0. The first-order valence-corrected chi connectivity index (χ1v) is 10.9. The van der Waals surface area contributed by atoms with Crippen molar-refractivity contribution in [1.29, 1.82) is 0 Å². The molecule has 1 aliphatic heterocycles. The van der Waals surface area contributed by atoms with Crippen LogP contribution in [-0.2, 0) is 11.2 Å². The van der Waals surface area contributed by atoms with E-state index >= 15 is 0 Å². The molecule has 1 amide bonds. The molecule has 27 heavy (non-hydrogen) atoms. The molecule has 3 rings (SSSR count). The van der Waals surface area contributed by atoms with Crippen molar-refractivity contribution in [3.8, 4) is 0 Å². The molecule has 1 atom stereocenters. The summed E-state index contributed by atoms with van der Waals surface area (Å²) in [6.45, 7) is 4.71. The number of carbonyl (C=O) groups excluding carboxylic acids is 1. The summed E-state index contributed by atoms with van der Waals surface area (Å²) >= 11 is 1.45. The van der Waals surface area contributed by atoms with Crippen LogP contribution >= 0.6 is 11.5 Å². The Hall–Kier alpha value is -1.95. The van der Waals surface area contributed by atoms with Gasteiger partial charge in [-0.1, -0.05) is 56.5 Å². The average Bonchev–Trinajstić information content (AvgIpc) is 3.17. The molecule has 0 saturated carbocycles. The molecule has 1 aliphatic rings. The number of nitrogens with zero attached hydrogens (tertiary/aromatic N) is 3. The van der Waals surface area contributed by atoms with Crippen LogP contribution in [0.3, 0.4) is 0 Å². The standard InChI is InChI=1S/C21H30N4OS/c1-2-3-4-8-13-22-20(26)18-12-9-14-25(16-18)21-23-19(24-27-21)15-17-10-6-5-7-11-17/h5-7,10-11,18H,2-4,8-9,12-16H2,1H3,(H,22,26)/t18-/m0/s1. The molecule has 2 heterocycles. The maximum atomic E-state index is 12.5. The van der Waals surface area contributed by atoms with E-state index in [9.17, 15) is 4.79 Å². The molecule has 1 aromatic carbocycles. The number of hydrogen-bond acceptors (Lipinski definition) is 5. The number of amides is 1. The summed E-state index contributed by atoms with van der Waals surface area (Å²) in [6, 6.07) is 10.3. The Kier molecular flexibility index (Phi) is 7.63. The van der Waals surface area contributed by atoms with E-state index in [0.29, 0.717) is 0 Å². The predicted octanol–water partition coefficient (Wildman–Crippen LogP) is 4.04. The summed E-state index contributed by atoms with van der Waals surface area (Å²) < 4.78 is 4.52. The van der Waals surface area contributed by atoms with Crippen LogP contribution in [0.4, 0.5) is 5.13 Å². The van der Waals surface area contributed by atoms with Crippen LogP contribution in [0.15, 0.2) is 30.3 Å². The number of unbranched alkanes of at least 4 members (excludes halogenated alkanes) is 3. The van der Waals surface area contributed by atoms with Gasteiger partial charge in [-0.15, -0.1) is 0 Å². The number of hydrogen-bond donors (Lipinski definition) is 1. The normalized spacial score (nSPS) is 17.1. The van der Waals surface area contributed by atoms with Gasteiger partial charge in [0, 0.05) is 37.6 Å². The monoisotopic (exact) mass is 386 g/mol. The lowest BCUT2D eigenvalue weighted by Gasteiger charge is -2.31. The smallest absolute Gasteiger partial charge is 0.224 e. The van der Waals surface area contributed by atoms with Gasteiger partial charge in [0.2, 0.25) is 11.0 Å². The van der Waals surface area contributed by atoms with E-state index in [-0.39, 0.29) is 11.8 Å². The third-order valence-corrected chi connectivity index (χ3v) is 5.87. The minimum atomic E-state index is 0.0615. The molecule has 0 bridgehead atoms. The van der Waals surface area contributed by atoms with Crippen molar-refractivity contribution in [2.45, 2.75) is 51.9 Å². The number of anilines is 1. The van der Waals surface area contributed by atoms with Crippen molar-refractivity contribution in [3.63, 3.8) is 0 Å². The first-order chi connectivity index (χ1) is 13.3. The lowest BCUT2D eigenvalue weighted by molar-refractivity contribution is -0.125. The molecule has 0 unspecified atom stereocenters. The summed E-state index contributed by atoms with van der Waals surface area (Å²) in [5.41, 5.74) is 1.22. The number of nitrogens with one attached hydrogen (secondary N) is 1. The van der Waals surface area contributed by atoms with E-state index in [1.54, 1.807) is 0 Å². The van der Waals surface area contributed by atoms with Crippen molar-refractivity contribution in [2.75, 3.05) is 24.5 Å². The highest BCUT2D eigenvalue weighted by Gasteiger charge is 2.27. The zero-order valence-electron chi connectivity index (χ0n) is 16.2. The summed E-state index contributed by atoms with van der Waals surface area (Å²) in [6.07, 6.45) is 7.49. The maximum absolute atomic E-state index is 12.5. The molecular weight excluding hydrogens is 356 g/mol. The van der Waals surface area contributed by atoms with Gasteiger partial charge in [0.05, 0.1) is 5.92 Å². The number of rotatable bonds is 9. The Morgan fingerprint density at radius 1 is 1.26 bits per heavy atom. The lowest BCUT2D eigenvalue weighted by atomic mass is 9.97. The van der Waals surface area contributed by atoms with Crippen molar-refractivity contribution in [1.82, 2.24) is 14.7 Å². The fourth-order valence-corrected chi connectivity index (χ4v) is 4.22.